The van der Waals surface area contributed by atoms with Crippen molar-refractivity contribution in [3.05, 3.63) is 30.1 Å². The van der Waals surface area contributed by atoms with E-state index >= 15 is 0 Å². The van der Waals surface area contributed by atoms with Crippen LogP contribution in [0.2, 0.25) is 0 Å². The van der Waals surface area contributed by atoms with Crippen molar-refractivity contribution >= 4 is 11.6 Å². The van der Waals surface area contributed by atoms with E-state index in [1.165, 1.54) is 18.2 Å². The van der Waals surface area contributed by atoms with Crippen LogP contribution in [-0.2, 0) is 0 Å². The molecule has 0 atom stereocenters. The number of guanidine groups is 1. The van der Waals surface area contributed by atoms with Gasteiger partial charge in [-0.05, 0) is 18.2 Å². The maximum Gasteiger partial charge on any atom is 0.206 e. The summed E-state index contributed by atoms with van der Waals surface area (Å²) in [6.45, 7) is 0. The Hall–Kier alpha value is -2.09. The fourth-order valence-corrected chi connectivity index (χ4v) is 0.866. The summed E-state index contributed by atoms with van der Waals surface area (Å²) in [6.07, 6.45) is 1.66. The summed E-state index contributed by atoms with van der Waals surface area (Å²) in [6, 6.07) is 5.31. The van der Waals surface area contributed by atoms with E-state index in [9.17, 15) is 4.39 Å². The summed E-state index contributed by atoms with van der Waals surface area (Å²) in [7, 11) is 0. The van der Waals surface area contributed by atoms with Crippen molar-refractivity contribution in [2.24, 2.45) is 5.73 Å². The summed E-state index contributed by atoms with van der Waals surface area (Å²) in [4.78, 5) is 0.823. The standard InChI is InChI=1S/C8H7FN4/c9-6-2-1-3-7(4-6)13(5-10)8(11)12/h1-4H,(H3,11,12). The van der Waals surface area contributed by atoms with Crippen LogP contribution in [0.1, 0.15) is 0 Å². The Labute approximate surface area is 74.5 Å². The largest absolute Gasteiger partial charge is 0.369 e. The molecule has 0 spiro atoms. The van der Waals surface area contributed by atoms with E-state index in [1.54, 1.807) is 6.19 Å². The maximum absolute atomic E-state index is 12.7. The molecule has 3 N–H and O–H groups in total. The summed E-state index contributed by atoms with van der Waals surface area (Å²) in [5, 5.41) is 15.6. The van der Waals surface area contributed by atoms with Gasteiger partial charge in [0, 0.05) is 0 Å². The van der Waals surface area contributed by atoms with E-state index < -0.39 is 11.8 Å². The Kier molecular flexibility index (Phi) is 2.45. The van der Waals surface area contributed by atoms with Crippen LogP contribution in [0.3, 0.4) is 0 Å². The first-order chi connectivity index (χ1) is 6.15. The maximum atomic E-state index is 12.7. The predicted octanol–water partition coefficient (Wildman–Crippen LogP) is 1.01. The van der Waals surface area contributed by atoms with Crippen molar-refractivity contribution in [2.45, 2.75) is 0 Å². The topological polar surface area (TPSA) is 76.9 Å². The lowest BCUT2D eigenvalue weighted by Crippen LogP contribution is -2.32. The van der Waals surface area contributed by atoms with Crippen LogP contribution in [0.25, 0.3) is 0 Å². The molecule has 4 nitrogen and oxygen atoms in total. The zero-order chi connectivity index (χ0) is 9.84. The van der Waals surface area contributed by atoms with Crippen molar-refractivity contribution < 1.29 is 4.39 Å². The van der Waals surface area contributed by atoms with Crippen LogP contribution in [0.15, 0.2) is 24.3 Å². The number of hydrogen-bond donors (Lipinski definition) is 2. The number of hydrogen-bond acceptors (Lipinski definition) is 2. The second-order valence-corrected chi connectivity index (χ2v) is 2.30. The molecule has 1 rings (SSSR count). The molecule has 1 aromatic rings. The molecule has 0 heterocycles. The average Bonchev–Trinajstić information content (AvgIpc) is 2.04. The molecule has 0 saturated heterocycles. The number of nitriles is 1. The van der Waals surface area contributed by atoms with E-state index in [0.717, 1.165) is 11.0 Å². The second-order valence-electron chi connectivity index (χ2n) is 2.30. The molecular formula is C8H7FN4. The summed E-state index contributed by atoms with van der Waals surface area (Å²) >= 11 is 0. The van der Waals surface area contributed by atoms with Crippen LogP contribution in [0, 0.1) is 22.7 Å². The van der Waals surface area contributed by atoms with Gasteiger partial charge in [-0.15, -0.1) is 0 Å². The van der Waals surface area contributed by atoms with Crippen molar-refractivity contribution in [2.75, 3.05) is 4.90 Å². The molecule has 0 bridgehead atoms. The fourth-order valence-electron chi connectivity index (χ4n) is 0.866. The first kappa shape index (κ1) is 9.00. The number of nitrogens with one attached hydrogen (secondary N) is 1. The van der Waals surface area contributed by atoms with Gasteiger partial charge in [0.05, 0.1) is 5.69 Å². The van der Waals surface area contributed by atoms with Gasteiger partial charge in [-0.1, -0.05) is 6.07 Å². The SMILES string of the molecule is N#CN(C(=N)N)c1cccc(F)c1. The smallest absolute Gasteiger partial charge is 0.206 e. The molecule has 0 amide bonds. The molecule has 66 valence electrons. The van der Waals surface area contributed by atoms with Crippen LogP contribution >= 0.6 is 0 Å². The van der Waals surface area contributed by atoms with Crippen molar-refractivity contribution in [3.8, 4) is 6.19 Å². The average molecular weight is 178 g/mol. The molecule has 0 radical (unpaired) electrons. The van der Waals surface area contributed by atoms with Gasteiger partial charge in [-0.2, -0.15) is 5.26 Å². The van der Waals surface area contributed by atoms with Crippen molar-refractivity contribution in [1.29, 1.82) is 10.7 Å². The third-order valence-corrected chi connectivity index (χ3v) is 1.41. The highest BCUT2D eigenvalue weighted by Crippen LogP contribution is 2.13. The van der Waals surface area contributed by atoms with Crippen molar-refractivity contribution in [1.82, 2.24) is 0 Å². The van der Waals surface area contributed by atoms with Gasteiger partial charge in [0.25, 0.3) is 0 Å². The van der Waals surface area contributed by atoms with E-state index in [2.05, 4.69) is 0 Å². The second kappa shape index (κ2) is 3.54. The van der Waals surface area contributed by atoms with Gasteiger partial charge in [-0.3, -0.25) is 5.41 Å². The number of nitrogens with zero attached hydrogens (tertiary/aromatic N) is 2. The van der Waals surface area contributed by atoms with E-state index in [1.807, 2.05) is 0 Å². The van der Waals surface area contributed by atoms with Gasteiger partial charge in [0.15, 0.2) is 6.19 Å². The molecule has 1 aromatic carbocycles. The summed E-state index contributed by atoms with van der Waals surface area (Å²) in [5.41, 5.74) is 5.34. The van der Waals surface area contributed by atoms with Crippen LogP contribution in [0.4, 0.5) is 10.1 Å². The molecule has 13 heavy (non-hydrogen) atoms. The monoisotopic (exact) mass is 178 g/mol. The van der Waals surface area contributed by atoms with Gasteiger partial charge < -0.3 is 5.73 Å². The molecule has 0 aliphatic rings. The first-order valence-corrected chi connectivity index (χ1v) is 3.44. The lowest BCUT2D eigenvalue weighted by Gasteiger charge is -2.12. The highest BCUT2D eigenvalue weighted by Gasteiger charge is 2.08. The Morgan fingerprint density at radius 1 is 1.62 bits per heavy atom. The summed E-state index contributed by atoms with van der Waals surface area (Å²) in [5.74, 6) is -0.910. The normalized spacial score (nSPS) is 8.92. The van der Waals surface area contributed by atoms with Gasteiger partial charge in [0.1, 0.15) is 5.82 Å². The van der Waals surface area contributed by atoms with Gasteiger partial charge in [0.2, 0.25) is 5.96 Å². The highest BCUT2D eigenvalue weighted by atomic mass is 19.1. The number of nitrogens with two attached hydrogens (primary N) is 1. The minimum absolute atomic E-state index is 0.245. The zero-order valence-corrected chi connectivity index (χ0v) is 6.66. The third kappa shape index (κ3) is 1.93. The van der Waals surface area contributed by atoms with E-state index in [0.29, 0.717) is 0 Å². The molecule has 0 unspecified atom stereocenters. The van der Waals surface area contributed by atoms with E-state index in [-0.39, 0.29) is 5.69 Å². The van der Waals surface area contributed by atoms with Crippen molar-refractivity contribution in [3.63, 3.8) is 0 Å². The molecular weight excluding hydrogens is 171 g/mol. The zero-order valence-electron chi connectivity index (χ0n) is 6.66. The highest BCUT2D eigenvalue weighted by molar-refractivity contribution is 5.95. The molecule has 0 aromatic heterocycles. The Morgan fingerprint density at radius 3 is 2.77 bits per heavy atom. The Balaban J connectivity index is 3.07. The van der Waals surface area contributed by atoms with Crippen LogP contribution in [0.5, 0.6) is 0 Å². The quantitative estimate of drug-likeness (QED) is 0.291. The molecule has 0 saturated carbocycles. The van der Waals surface area contributed by atoms with Gasteiger partial charge >= 0.3 is 0 Å². The molecule has 5 heteroatoms. The predicted molar refractivity (Wildman–Crippen MR) is 46.4 cm³/mol. The number of rotatable bonds is 1. The Bertz CT molecular complexity index is 369. The molecule has 0 fully saturated rings. The lowest BCUT2D eigenvalue weighted by atomic mass is 10.3. The fraction of sp³-hybridized carbons (Fsp3) is 0. The minimum Gasteiger partial charge on any atom is -0.369 e. The van der Waals surface area contributed by atoms with Crippen LogP contribution in [-0.4, -0.2) is 5.96 Å². The number of anilines is 1. The van der Waals surface area contributed by atoms with E-state index in [4.69, 9.17) is 16.4 Å². The molecule has 0 aliphatic heterocycles. The van der Waals surface area contributed by atoms with Crippen LogP contribution < -0.4 is 10.6 Å². The summed E-state index contributed by atoms with van der Waals surface area (Å²) < 4.78 is 12.7. The third-order valence-electron chi connectivity index (χ3n) is 1.41. The van der Waals surface area contributed by atoms with Gasteiger partial charge in [-0.25, -0.2) is 9.29 Å². The minimum atomic E-state index is -0.473. The first-order valence-electron chi connectivity index (χ1n) is 3.44. The number of halogens is 1. The lowest BCUT2D eigenvalue weighted by molar-refractivity contribution is 0.628. The molecule has 0 aliphatic carbocycles. The number of benzene rings is 1. The Morgan fingerprint density at radius 2 is 2.31 bits per heavy atom.